The van der Waals surface area contributed by atoms with Crippen LogP contribution in [0.2, 0.25) is 0 Å². The second kappa shape index (κ2) is 7.52. The fourth-order valence-corrected chi connectivity index (χ4v) is 3.38. The maximum Gasteiger partial charge on any atom is 0.281 e. The van der Waals surface area contributed by atoms with Gasteiger partial charge < -0.3 is 4.55 Å². The number of nitrogens with zero attached hydrogens (tertiary/aromatic N) is 2. The Labute approximate surface area is 157 Å². The van der Waals surface area contributed by atoms with E-state index in [4.69, 9.17) is 0 Å². The molecule has 7 heteroatoms. The molecule has 0 aromatic heterocycles. The smallest absolute Gasteiger partial charge is 0.281 e. The lowest BCUT2D eigenvalue weighted by Gasteiger charge is -2.45. The van der Waals surface area contributed by atoms with Gasteiger partial charge in [0, 0.05) is 24.7 Å². The molecule has 1 atom stereocenters. The van der Waals surface area contributed by atoms with E-state index in [0.717, 1.165) is 6.07 Å². The van der Waals surface area contributed by atoms with Crippen molar-refractivity contribution in [1.82, 2.24) is 4.90 Å². The Morgan fingerprint density at radius 2 is 1.85 bits per heavy atom. The van der Waals surface area contributed by atoms with E-state index in [1.165, 1.54) is 19.1 Å². The van der Waals surface area contributed by atoms with Gasteiger partial charge in [-0.25, -0.2) is 13.2 Å². The summed E-state index contributed by atoms with van der Waals surface area (Å²) < 4.78 is 60.1. The fraction of sp³-hybridized carbons (Fsp3) is 0.632. The Morgan fingerprint density at radius 1 is 1.27 bits per heavy atom. The van der Waals surface area contributed by atoms with Gasteiger partial charge in [-0.2, -0.15) is 0 Å². The maximum absolute atomic E-state index is 14.9. The van der Waals surface area contributed by atoms with Crippen LogP contribution < -0.4 is 0 Å². The monoisotopic (exact) mass is 388 g/mol. The van der Waals surface area contributed by atoms with Gasteiger partial charge in [-0.1, -0.05) is 22.6 Å². The molecule has 0 N–H and O–H groups in total. The zero-order valence-electron chi connectivity index (χ0n) is 16.1. The number of halogens is 3. The average Bonchev–Trinajstić information content (AvgIpc) is 2.43. The maximum atomic E-state index is 14.9. The second-order valence-corrected chi connectivity index (χ2v) is 9.98. The molecule has 0 amide bonds. The summed E-state index contributed by atoms with van der Waals surface area (Å²) in [6.45, 7) is 11.1. The van der Waals surface area contributed by atoms with Crippen molar-refractivity contribution in [3.05, 3.63) is 35.1 Å². The molecule has 1 aromatic rings. The Morgan fingerprint density at radius 3 is 2.35 bits per heavy atom. The van der Waals surface area contributed by atoms with Crippen molar-refractivity contribution in [2.24, 2.45) is 10.3 Å². The van der Waals surface area contributed by atoms with E-state index in [1.54, 1.807) is 20.8 Å². The van der Waals surface area contributed by atoms with E-state index in [2.05, 4.69) is 4.40 Å². The fourth-order valence-electron chi connectivity index (χ4n) is 2.76. The Kier molecular flexibility index (Phi) is 6.15. The van der Waals surface area contributed by atoms with E-state index in [0.29, 0.717) is 0 Å². The van der Waals surface area contributed by atoms with Crippen LogP contribution in [0.4, 0.5) is 13.2 Å². The highest BCUT2D eigenvalue weighted by Crippen LogP contribution is 2.43. The molecule has 0 unspecified atom stereocenters. The minimum absolute atomic E-state index is 0.0279. The van der Waals surface area contributed by atoms with Crippen LogP contribution >= 0.6 is 0 Å². The van der Waals surface area contributed by atoms with Crippen molar-refractivity contribution in [3.63, 3.8) is 0 Å². The van der Waals surface area contributed by atoms with Gasteiger partial charge >= 0.3 is 0 Å². The molecule has 146 valence electrons. The molecule has 1 aliphatic rings. The number of alkyl halides is 2. The third kappa shape index (κ3) is 4.26. The molecular weight excluding hydrogens is 361 g/mol. The van der Waals surface area contributed by atoms with Crippen molar-refractivity contribution in [2.75, 3.05) is 13.1 Å². The summed E-state index contributed by atoms with van der Waals surface area (Å²) in [5.74, 6) is -5.14. The van der Waals surface area contributed by atoms with Crippen molar-refractivity contribution >= 4 is 17.1 Å². The lowest BCUT2D eigenvalue weighted by Crippen LogP contribution is -2.56. The molecule has 2 rings (SSSR count). The standard InChI is InChI=1S/C19H27F3N2OS/c1-12(2)24-10-14(11-24)19(21,22)16-9-7-8-15(17(16)20)13(3)23-26(25)18(4,5)6/h7-9,12,14H,10-11H2,1-6H3/b23-13-/t26-/m0/s1. The van der Waals surface area contributed by atoms with Crippen LogP contribution in [0.1, 0.15) is 52.7 Å². The van der Waals surface area contributed by atoms with Crippen molar-refractivity contribution in [1.29, 1.82) is 0 Å². The molecule has 0 spiro atoms. The van der Waals surface area contributed by atoms with Crippen molar-refractivity contribution in [3.8, 4) is 0 Å². The summed E-state index contributed by atoms with van der Waals surface area (Å²) in [7, 11) is 0. The molecule has 1 aromatic carbocycles. The zero-order valence-corrected chi connectivity index (χ0v) is 17.0. The molecule has 26 heavy (non-hydrogen) atoms. The van der Waals surface area contributed by atoms with Gasteiger partial charge in [0.15, 0.2) is 0 Å². The largest absolute Gasteiger partial charge is 0.591 e. The average molecular weight is 388 g/mol. The van der Waals surface area contributed by atoms with E-state index in [-0.39, 0.29) is 30.4 Å². The van der Waals surface area contributed by atoms with Crippen LogP contribution in [0.3, 0.4) is 0 Å². The molecule has 0 bridgehead atoms. The molecule has 0 saturated carbocycles. The summed E-state index contributed by atoms with van der Waals surface area (Å²) in [6.07, 6.45) is 0. The molecule has 0 radical (unpaired) electrons. The van der Waals surface area contributed by atoms with Gasteiger partial charge in [0.25, 0.3) is 5.92 Å². The normalized spacial score (nSPS) is 19.0. The number of hydrogen-bond acceptors (Lipinski definition) is 3. The van der Waals surface area contributed by atoms with Crippen LogP contribution in [-0.2, 0) is 17.3 Å². The number of rotatable bonds is 5. The Balaban J connectivity index is 2.31. The Bertz CT molecular complexity index is 680. The highest BCUT2D eigenvalue weighted by atomic mass is 32.2. The number of benzene rings is 1. The van der Waals surface area contributed by atoms with Crippen molar-refractivity contribution in [2.45, 2.75) is 58.3 Å². The second-order valence-electron chi connectivity index (χ2n) is 8.07. The first-order chi connectivity index (χ1) is 11.9. The topological polar surface area (TPSA) is 38.7 Å². The van der Waals surface area contributed by atoms with Gasteiger partial charge in [-0.3, -0.25) is 4.90 Å². The molecular formula is C19H27F3N2OS. The molecule has 1 aliphatic heterocycles. The third-order valence-corrected chi connectivity index (χ3v) is 6.13. The summed E-state index contributed by atoms with van der Waals surface area (Å²) in [5, 5.41) is 0. The number of hydrogen-bond donors (Lipinski definition) is 0. The van der Waals surface area contributed by atoms with Crippen molar-refractivity contribution < 1.29 is 17.7 Å². The molecule has 1 heterocycles. The van der Waals surface area contributed by atoms with Gasteiger partial charge in [-0.15, -0.1) is 0 Å². The first-order valence-electron chi connectivity index (χ1n) is 8.74. The van der Waals surface area contributed by atoms with E-state index in [1.807, 2.05) is 18.7 Å². The number of likely N-dealkylation sites (tertiary alicyclic amines) is 1. The minimum atomic E-state index is -3.26. The zero-order chi connectivity index (χ0) is 19.9. The summed E-state index contributed by atoms with van der Waals surface area (Å²) in [4.78, 5) is 1.93. The van der Waals surface area contributed by atoms with Gasteiger partial charge in [-0.05, 0) is 41.5 Å². The SMILES string of the molecule is C/C(=N/[S@@+]([O-])C(C)(C)C)c1cccc(C(F)(F)C2CN(C(C)C)C2)c1F. The summed E-state index contributed by atoms with van der Waals surface area (Å²) in [6, 6.07) is 4.12. The molecule has 1 fully saturated rings. The lowest BCUT2D eigenvalue weighted by molar-refractivity contribution is -0.132. The quantitative estimate of drug-likeness (QED) is 0.549. The summed E-state index contributed by atoms with van der Waals surface area (Å²) >= 11 is -1.59. The van der Waals surface area contributed by atoms with E-state index in [9.17, 15) is 17.7 Å². The van der Waals surface area contributed by atoms with E-state index < -0.39 is 39.3 Å². The van der Waals surface area contributed by atoms with Gasteiger partial charge in [0.05, 0.1) is 17.2 Å². The van der Waals surface area contributed by atoms with Crippen LogP contribution in [0.25, 0.3) is 0 Å². The lowest BCUT2D eigenvalue weighted by atomic mass is 9.86. The van der Waals surface area contributed by atoms with Crippen LogP contribution in [0.15, 0.2) is 22.6 Å². The molecule has 1 saturated heterocycles. The van der Waals surface area contributed by atoms with Crippen LogP contribution in [0, 0.1) is 11.7 Å². The predicted molar refractivity (Wildman–Crippen MR) is 101 cm³/mol. The van der Waals surface area contributed by atoms with E-state index >= 15 is 0 Å². The molecule has 3 nitrogen and oxygen atoms in total. The van der Waals surface area contributed by atoms with Gasteiger partial charge in [0.1, 0.15) is 21.9 Å². The van der Waals surface area contributed by atoms with Crippen LogP contribution in [0.5, 0.6) is 0 Å². The highest BCUT2D eigenvalue weighted by molar-refractivity contribution is 7.91. The Hall–Kier alpha value is -1.05. The summed E-state index contributed by atoms with van der Waals surface area (Å²) in [5.41, 5.74) is -0.481. The molecule has 0 aliphatic carbocycles. The predicted octanol–water partition coefficient (Wildman–Crippen LogP) is 4.53. The third-order valence-electron chi connectivity index (χ3n) is 4.64. The first-order valence-corrected chi connectivity index (χ1v) is 9.85. The van der Waals surface area contributed by atoms with Crippen LogP contribution in [-0.4, -0.2) is 39.0 Å². The first kappa shape index (κ1) is 21.3. The minimum Gasteiger partial charge on any atom is -0.591 e. The highest BCUT2D eigenvalue weighted by Gasteiger charge is 2.50. The van der Waals surface area contributed by atoms with Gasteiger partial charge in [0.2, 0.25) is 0 Å².